The van der Waals surface area contributed by atoms with Crippen LogP contribution in [0.1, 0.15) is 30.7 Å². The topological polar surface area (TPSA) is 81.5 Å². The largest absolute Gasteiger partial charge is 0.387 e. The predicted molar refractivity (Wildman–Crippen MR) is 64.5 cm³/mol. The number of rotatable bonds is 1. The SMILES string of the molecule is NC1=Nc2ccc([N+](=O)[O-])cc2[C@H]2CCC[C@@H]12. The molecule has 0 spiro atoms. The van der Waals surface area contributed by atoms with E-state index in [0.717, 1.165) is 30.5 Å². The maximum absolute atomic E-state index is 10.8. The molecule has 0 amide bonds. The molecule has 1 saturated carbocycles. The van der Waals surface area contributed by atoms with Gasteiger partial charge in [-0.05, 0) is 30.4 Å². The van der Waals surface area contributed by atoms with Crippen molar-refractivity contribution in [3.05, 3.63) is 33.9 Å². The third-order valence-corrected chi connectivity index (χ3v) is 3.77. The van der Waals surface area contributed by atoms with Crippen LogP contribution in [0, 0.1) is 16.0 Å². The van der Waals surface area contributed by atoms with Gasteiger partial charge in [-0.2, -0.15) is 0 Å². The lowest BCUT2D eigenvalue weighted by atomic mass is 9.84. The molecule has 1 heterocycles. The van der Waals surface area contributed by atoms with Crippen molar-refractivity contribution in [2.75, 3.05) is 0 Å². The lowest BCUT2D eigenvalue weighted by molar-refractivity contribution is -0.384. The summed E-state index contributed by atoms with van der Waals surface area (Å²) in [6.07, 6.45) is 3.21. The first-order valence-electron chi connectivity index (χ1n) is 5.79. The lowest BCUT2D eigenvalue weighted by Crippen LogP contribution is -2.28. The Morgan fingerprint density at radius 3 is 2.88 bits per heavy atom. The molecule has 1 aliphatic heterocycles. The molecule has 2 N–H and O–H groups in total. The zero-order valence-corrected chi connectivity index (χ0v) is 9.30. The zero-order chi connectivity index (χ0) is 12.0. The molecule has 1 aromatic rings. The summed E-state index contributed by atoms with van der Waals surface area (Å²) in [6.45, 7) is 0. The van der Waals surface area contributed by atoms with Gasteiger partial charge >= 0.3 is 0 Å². The molecule has 0 bridgehead atoms. The Morgan fingerprint density at radius 1 is 1.35 bits per heavy atom. The highest BCUT2D eigenvalue weighted by atomic mass is 16.6. The van der Waals surface area contributed by atoms with E-state index in [1.54, 1.807) is 12.1 Å². The molecule has 3 rings (SSSR count). The van der Waals surface area contributed by atoms with E-state index >= 15 is 0 Å². The van der Waals surface area contributed by atoms with E-state index in [1.807, 2.05) is 0 Å². The van der Waals surface area contributed by atoms with Crippen molar-refractivity contribution in [1.29, 1.82) is 0 Å². The van der Waals surface area contributed by atoms with Gasteiger partial charge in [0.15, 0.2) is 0 Å². The molecule has 0 saturated heterocycles. The summed E-state index contributed by atoms with van der Waals surface area (Å²) in [4.78, 5) is 14.8. The quantitative estimate of drug-likeness (QED) is 0.595. The number of fused-ring (bicyclic) bond motifs is 3. The molecule has 0 radical (unpaired) electrons. The lowest BCUT2D eigenvalue weighted by Gasteiger charge is -2.25. The van der Waals surface area contributed by atoms with E-state index in [1.165, 1.54) is 6.07 Å². The van der Waals surface area contributed by atoms with E-state index in [2.05, 4.69) is 4.99 Å². The number of nitrogens with two attached hydrogens (primary N) is 1. The number of aliphatic imine (C=N–C) groups is 1. The molecule has 5 nitrogen and oxygen atoms in total. The van der Waals surface area contributed by atoms with Crippen LogP contribution in [0.25, 0.3) is 0 Å². The van der Waals surface area contributed by atoms with E-state index in [9.17, 15) is 10.1 Å². The molecule has 2 aliphatic rings. The van der Waals surface area contributed by atoms with Gasteiger partial charge in [0, 0.05) is 18.1 Å². The van der Waals surface area contributed by atoms with Gasteiger partial charge in [0.25, 0.3) is 5.69 Å². The second-order valence-corrected chi connectivity index (χ2v) is 4.68. The van der Waals surface area contributed by atoms with Crippen LogP contribution in [-0.2, 0) is 0 Å². The maximum atomic E-state index is 10.8. The predicted octanol–water partition coefficient (Wildman–Crippen LogP) is 2.48. The minimum Gasteiger partial charge on any atom is -0.387 e. The Morgan fingerprint density at radius 2 is 2.12 bits per heavy atom. The second-order valence-electron chi connectivity index (χ2n) is 4.68. The van der Waals surface area contributed by atoms with Crippen LogP contribution in [0.15, 0.2) is 23.2 Å². The molecule has 5 heteroatoms. The number of non-ortho nitro benzene ring substituents is 1. The van der Waals surface area contributed by atoms with Crippen molar-refractivity contribution < 1.29 is 4.92 Å². The minimum absolute atomic E-state index is 0.144. The monoisotopic (exact) mass is 231 g/mol. The van der Waals surface area contributed by atoms with E-state index in [4.69, 9.17) is 5.73 Å². The fourth-order valence-electron chi connectivity index (χ4n) is 2.96. The maximum Gasteiger partial charge on any atom is 0.269 e. The number of hydrogen-bond donors (Lipinski definition) is 1. The zero-order valence-electron chi connectivity index (χ0n) is 9.30. The Labute approximate surface area is 98.5 Å². The fraction of sp³-hybridized carbons (Fsp3) is 0.417. The summed E-state index contributed by atoms with van der Waals surface area (Å²) in [7, 11) is 0. The van der Waals surface area contributed by atoms with Crippen LogP contribution in [-0.4, -0.2) is 10.8 Å². The van der Waals surface area contributed by atoms with Crippen molar-refractivity contribution in [3.8, 4) is 0 Å². The molecule has 0 unspecified atom stereocenters. The minimum atomic E-state index is -0.355. The van der Waals surface area contributed by atoms with Gasteiger partial charge in [-0.15, -0.1) is 0 Å². The molecule has 1 fully saturated rings. The Balaban J connectivity index is 2.13. The molecule has 0 aromatic heterocycles. The standard InChI is InChI=1S/C12H13N3O2/c13-12-9-3-1-2-8(9)10-6-7(15(16)17)4-5-11(10)14-12/h4-6,8-9H,1-3H2,(H2,13,14)/t8-,9+/m0/s1. The molecule has 2 atom stereocenters. The van der Waals surface area contributed by atoms with Gasteiger partial charge in [-0.3, -0.25) is 10.1 Å². The summed E-state index contributed by atoms with van der Waals surface area (Å²) < 4.78 is 0. The molecule has 17 heavy (non-hydrogen) atoms. The average Bonchev–Trinajstić information content (AvgIpc) is 2.78. The van der Waals surface area contributed by atoms with Crippen LogP contribution < -0.4 is 5.73 Å². The number of amidine groups is 1. The van der Waals surface area contributed by atoms with Crippen molar-refractivity contribution in [2.45, 2.75) is 25.2 Å². The summed E-state index contributed by atoms with van der Waals surface area (Å²) in [5.74, 6) is 1.29. The third-order valence-electron chi connectivity index (χ3n) is 3.77. The molecule has 88 valence electrons. The summed E-state index contributed by atoms with van der Waals surface area (Å²) in [5.41, 5.74) is 7.89. The average molecular weight is 231 g/mol. The Hall–Kier alpha value is -1.91. The number of benzene rings is 1. The van der Waals surface area contributed by atoms with Gasteiger partial charge in [-0.1, -0.05) is 6.42 Å². The van der Waals surface area contributed by atoms with Gasteiger partial charge in [0.1, 0.15) is 5.84 Å². The smallest absolute Gasteiger partial charge is 0.269 e. The first-order chi connectivity index (χ1) is 8.16. The number of hydrogen-bond acceptors (Lipinski definition) is 4. The highest BCUT2D eigenvalue weighted by Gasteiger charge is 2.36. The molecular weight excluding hydrogens is 218 g/mol. The van der Waals surface area contributed by atoms with Crippen molar-refractivity contribution >= 4 is 17.2 Å². The number of nitro benzene ring substituents is 1. The van der Waals surface area contributed by atoms with Gasteiger partial charge < -0.3 is 5.73 Å². The van der Waals surface area contributed by atoms with E-state index in [-0.39, 0.29) is 16.5 Å². The third kappa shape index (κ3) is 1.50. The molecular formula is C12H13N3O2. The van der Waals surface area contributed by atoms with Crippen LogP contribution in [0.5, 0.6) is 0 Å². The summed E-state index contributed by atoms with van der Waals surface area (Å²) in [5, 5.41) is 10.8. The summed E-state index contributed by atoms with van der Waals surface area (Å²) in [6, 6.07) is 4.86. The van der Waals surface area contributed by atoms with Crippen LogP contribution in [0.3, 0.4) is 0 Å². The van der Waals surface area contributed by atoms with Crippen molar-refractivity contribution in [3.63, 3.8) is 0 Å². The Kier molecular flexibility index (Phi) is 2.14. The van der Waals surface area contributed by atoms with Gasteiger partial charge in [-0.25, -0.2) is 4.99 Å². The van der Waals surface area contributed by atoms with Crippen LogP contribution in [0.4, 0.5) is 11.4 Å². The fourth-order valence-corrected chi connectivity index (χ4v) is 2.96. The molecule has 1 aliphatic carbocycles. The Bertz CT molecular complexity index is 524. The molecule has 1 aromatic carbocycles. The first kappa shape index (κ1) is 10.3. The van der Waals surface area contributed by atoms with E-state index < -0.39 is 0 Å². The van der Waals surface area contributed by atoms with Gasteiger partial charge in [0.2, 0.25) is 0 Å². The second kappa shape index (κ2) is 3.55. The van der Waals surface area contributed by atoms with Crippen molar-refractivity contribution in [1.82, 2.24) is 0 Å². The highest BCUT2D eigenvalue weighted by molar-refractivity contribution is 5.89. The van der Waals surface area contributed by atoms with Crippen molar-refractivity contribution in [2.24, 2.45) is 16.6 Å². The number of nitrogens with zero attached hydrogens (tertiary/aromatic N) is 2. The van der Waals surface area contributed by atoms with E-state index in [0.29, 0.717) is 11.8 Å². The van der Waals surface area contributed by atoms with Crippen LogP contribution in [0.2, 0.25) is 0 Å². The van der Waals surface area contributed by atoms with Crippen LogP contribution >= 0.6 is 0 Å². The highest BCUT2D eigenvalue weighted by Crippen LogP contribution is 2.47. The number of nitro groups is 1. The van der Waals surface area contributed by atoms with Gasteiger partial charge in [0.05, 0.1) is 10.6 Å². The normalized spacial score (nSPS) is 26.0. The summed E-state index contributed by atoms with van der Waals surface area (Å²) >= 11 is 0. The first-order valence-corrected chi connectivity index (χ1v) is 5.79.